The molecule has 0 aliphatic heterocycles. The molecule has 0 aromatic heterocycles. The van der Waals surface area contributed by atoms with Crippen LogP contribution in [0.25, 0.3) is 0 Å². The molecule has 0 aromatic rings. The molecule has 2 heteroatoms. The third-order valence-corrected chi connectivity index (χ3v) is 1.99. The van der Waals surface area contributed by atoms with Crippen molar-refractivity contribution in [2.75, 3.05) is 27.3 Å². The minimum absolute atomic E-state index is 0.333. The van der Waals surface area contributed by atoms with Gasteiger partial charge in [-0.15, -0.1) is 0 Å². The van der Waals surface area contributed by atoms with Gasteiger partial charge in [0.05, 0.1) is 6.67 Å². The molecule has 66 valence electrons. The standard InChI is InChI=1S/C9H18FN/c1-8(2)9(3,6-10)7-11(4)5/h1,6-7H2,2-5H3. The average Bonchev–Trinajstić information content (AvgIpc) is 1.86. The molecule has 0 radical (unpaired) electrons. The molecule has 0 fully saturated rings. The van der Waals surface area contributed by atoms with E-state index in [1.54, 1.807) is 0 Å². The van der Waals surface area contributed by atoms with E-state index >= 15 is 0 Å². The van der Waals surface area contributed by atoms with E-state index in [1.807, 2.05) is 32.8 Å². The van der Waals surface area contributed by atoms with Crippen molar-refractivity contribution >= 4 is 0 Å². The monoisotopic (exact) mass is 159 g/mol. The van der Waals surface area contributed by atoms with Gasteiger partial charge in [-0.1, -0.05) is 19.1 Å². The van der Waals surface area contributed by atoms with Crippen LogP contribution < -0.4 is 0 Å². The SMILES string of the molecule is C=C(C)C(C)(CF)CN(C)C. The summed E-state index contributed by atoms with van der Waals surface area (Å²) in [5.41, 5.74) is 0.539. The molecule has 1 atom stereocenters. The first-order chi connectivity index (χ1) is 4.92. The molecule has 0 saturated carbocycles. The fourth-order valence-corrected chi connectivity index (χ4v) is 0.989. The average molecular weight is 159 g/mol. The first kappa shape index (κ1) is 10.6. The molecule has 0 bridgehead atoms. The molecule has 11 heavy (non-hydrogen) atoms. The van der Waals surface area contributed by atoms with Gasteiger partial charge in [-0.3, -0.25) is 4.39 Å². The molecule has 1 nitrogen and oxygen atoms in total. The van der Waals surface area contributed by atoms with Crippen molar-refractivity contribution in [2.45, 2.75) is 13.8 Å². The summed E-state index contributed by atoms with van der Waals surface area (Å²) in [4.78, 5) is 1.98. The van der Waals surface area contributed by atoms with E-state index in [1.165, 1.54) is 0 Å². The lowest BCUT2D eigenvalue weighted by Gasteiger charge is -2.29. The summed E-state index contributed by atoms with van der Waals surface area (Å²) in [6.45, 7) is 7.95. The molecule has 0 aliphatic carbocycles. The van der Waals surface area contributed by atoms with Crippen LogP contribution in [-0.4, -0.2) is 32.2 Å². The Labute approximate surface area is 68.9 Å². The van der Waals surface area contributed by atoms with Gasteiger partial charge in [0.25, 0.3) is 0 Å². The van der Waals surface area contributed by atoms with E-state index in [0.29, 0.717) is 0 Å². The van der Waals surface area contributed by atoms with Gasteiger partial charge in [-0.2, -0.15) is 0 Å². The lowest BCUT2D eigenvalue weighted by atomic mass is 9.85. The summed E-state index contributed by atoms with van der Waals surface area (Å²) < 4.78 is 12.6. The van der Waals surface area contributed by atoms with Crippen LogP contribution in [0.2, 0.25) is 0 Å². The van der Waals surface area contributed by atoms with Crippen LogP contribution >= 0.6 is 0 Å². The Morgan fingerprint density at radius 3 is 2.09 bits per heavy atom. The van der Waals surface area contributed by atoms with Crippen LogP contribution in [0.5, 0.6) is 0 Å². The third kappa shape index (κ3) is 3.02. The second-order valence-electron chi connectivity index (χ2n) is 3.71. The van der Waals surface area contributed by atoms with Gasteiger partial charge in [0.2, 0.25) is 0 Å². The minimum atomic E-state index is -0.372. The van der Waals surface area contributed by atoms with Crippen molar-refractivity contribution in [2.24, 2.45) is 5.41 Å². The molecule has 0 aromatic carbocycles. The smallest absolute Gasteiger partial charge is 0.0997 e. The van der Waals surface area contributed by atoms with Crippen molar-refractivity contribution in [3.63, 3.8) is 0 Å². The first-order valence-corrected chi connectivity index (χ1v) is 3.79. The van der Waals surface area contributed by atoms with Crippen molar-refractivity contribution < 1.29 is 4.39 Å². The number of rotatable bonds is 4. The molecule has 0 heterocycles. The van der Waals surface area contributed by atoms with Gasteiger partial charge in [-0.25, -0.2) is 0 Å². The van der Waals surface area contributed by atoms with E-state index in [9.17, 15) is 4.39 Å². The van der Waals surface area contributed by atoms with E-state index < -0.39 is 0 Å². The summed E-state index contributed by atoms with van der Waals surface area (Å²) in [6, 6.07) is 0. The van der Waals surface area contributed by atoms with E-state index in [2.05, 4.69) is 6.58 Å². The summed E-state index contributed by atoms with van der Waals surface area (Å²) in [7, 11) is 3.88. The highest BCUT2D eigenvalue weighted by atomic mass is 19.1. The maximum atomic E-state index is 12.6. The number of halogens is 1. The van der Waals surface area contributed by atoms with E-state index in [4.69, 9.17) is 0 Å². The van der Waals surface area contributed by atoms with Crippen LogP contribution in [0.1, 0.15) is 13.8 Å². The van der Waals surface area contributed by atoms with Crippen molar-refractivity contribution in [1.29, 1.82) is 0 Å². The lowest BCUT2D eigenvalue weighted by molar-refractivity contribution is 0.206. The van der Waals surface area contributed by atoms with Crippen LogP contribution in [0.15, 0.2) is 12.2 Å². The highest BCUT2D eigenvalue weighted by Gasteiger charge is 2.25. The Hall–Kier alpha value is -0.370. The lowest BCUT2D eigenvalue weighted by Crippen LogP contribution is -2.33. The highest BCUT2D eigenvalue weighted by Crippen LogP contribution is 2.26. The van der Waals surface area contributed by atoms with Crippen molar-refractivity contribution in [3.05, 3.63) is 12.2 Å². The Balaban J connectivity index is 4.22. The maximum absolute atomic E-state index is 12.6. The molecular weight excluding hydrogens is 141 g/mol. The van der Waals surface area contributed by atoms with Gasteiger partial charge in [0, 0.05) is 12.0 Å². The second kappa shape index (κ2) is 3.86. The van der Waals surface area contributed by atoms with Crippen molar-refractivity contribution in [1.82, 2.24) is 4.90 Å². The zero-order valence-electron chi connectivity index (χ0n) is 7.95. The zero-order valence-corrected chi connectivity index (χ0v) is 7.95. The largest absolute Gasteiger partial charge is 0.308 e. The van der Waals surface area contributed by atoms with Gasteiger partial charge < -0.3 is 4.90 Å². The summed E-state index contributed by atoms with van der Waals surface area (Å²) in [5.74, 6) is 0. The van der Waals surface area contributed by atoms with Crippen LogP contribution in [0, 0.1) is 5.41 Å². The minimum Gasteiger partial charge on any atom is -0.308 e. The van der Waals surface area contributed by atoms with Crippen molar-refractivity contribution in [3.8, 4) is 0 Å². The fourth-order valence-electron chi connectivity index (χ4n) is 0.989. The summed E-state index contributed by atoms with van der Waals surface area (Å²) >= 11 is 0. The Morgan fingerprint density at radius 2 is 2.00 bits per heavy atom. The second-order valence-corrected chi connectivity index (χ2v) is 3.71. The zero-order chi connectivity index (χ0) is 9.07. The predicted octanol–water partition coefficient (Wildman–Crippen LogP) is 2.10. The number of hydrogen-bond acceptors (Lipinski definition) is 1. The van der Waals surface area contributed by atoms with Gasteiger partial charge >= 0.3 is 0 Å². The summed E-state index contributed by atoms with van der Waals surface area (Å²) in [6.07, 6.45) is 0. The van der Waals surface area contributed by atoms with Gasteiger partial charge in [-0.05, 0) is 21.0 Å². The maximum Gasteiger partial charge on any atom is 0.0997 e. The molecule has 0 spiro atoms. The van der Waals surface area contributed by atoms with Gasteiger partial charge in [0.15, 0.2) is 0 Å². The topological polar surface area (TPSA) is 3.24 Å². The third-order valence-electron chi connectivity index (χ3n) is 1.99. The number of nitrogens with zero attached hydrogens (tertiary/aromatic N) is 1. The Bertz CT molecular complexity index is 142. The van der Waals surface area contributed by atoms with Crippen LogP contribution in [0.3, 0.4) is 0 Å². The molecule has 1 unspecified atom stereocenters. The Kier molecular flexibility index (Phi) is 3.73. The quantitative estimate of drug-likeness (QED) is 0.568. The molecule has 0 N–H and O–H groups in total. The number of hydrogen-bond donors (Lipinski definition) is 0. The van der Waals surface area contributed by atoms with Gasteiger partial charge in [0.1, 0.15) is 0 Å². The normalized spacial score (nSPS) is 16.5. The number of alkyl halides is 1. The molecule has 0 rings (SSSR count). The molecule has 0 saturated heterocycles. The highest BCUT2D eigenvalue weighted by molar-refractivity contribution is 5.06. The molecule has 0 amide bonds. The molecular formula is C9H18FN. The summed E-state index contributed by atoms with van der Waals surface area (Å²) in [5, 5.41) is 0. The van der Waals surface area contributed by atoms with E-state index in [-0.39, 0.29) is 12.1 Å². The van der Waals surface area contributed by atoms with Crippen LogP contribution in [-0.2, 0) is 0 Å². The molecule has 0 aliphatic rings. The van der Waals surface area contributed by atoms with E-state index in [0.717, 1.165) is 12.1 Å². The predicted molar refractivity (Wildman–Crippen MR) is 47.5 cm³/mol. The fraction of sp³-hybridized carbons (Fsp3) is 0.778. The van der Waals surface area contributed by atoms with Crippen LogP contribution in [0.4, 0.5) is 4.39 Å². The Morgan fingerprint density at radius 1 is 1.55 bits per heavy atom. The first-order valence-electron chi connectivity index (χ1n) is 3.79.